The topological polar surface area (TPSA) is 35.5 Å². The van der Waals surface area contributed by atoms with Gasteiger partial charge in [0.05, 0.1) is 3.57 Å². The zero-order valence-corrected chi connectivity index (χ0v) is 16.9. The Labute approximate surface area is 155 Å². The van der Waals surface area contributed by atoms with Gasteiger partial charge in [-0.25, -0.2) is 0 Å². The van der Waals surface area contributed by atoms with Crippen molar-refractivity contribution >= 4 is 45.2 Å². The van der Waals surface area contributed by atoms with Crippen molar-refractivity contribution in [1.29, 1.82) is 0 Å². The van der Waals surface area contributed by atoms with Gasteiger partial charge in [-0.15, -0.1) is 0 Å². The van der Waals surface area contributed by atoms with Crippen molar-refractivity contribution in [2.24, 2.45) is 0 Å². The van der Waals surface area contributed by atoms with Gasteiger partial charge in [-0.3, -0.25) is 4.90 Å². The van der Waals surface area contributed by atoms with Crippen LogP contribution in [0.25, 0.3) is 0 Å². The van der Waals surface area contributed by atoms with Gasteiger partial charge in [0.15, 0.2) is 0 Å². The summed E-state index contributed by atoms with van der Waals surface area (Å²) in [4.78, 5) is 2.54. The molecular formula is C16H24I2N2O. The molecule has 2 rings (SSSR count). The number of phenolic OH excluding ortho intramolecular Hbond substituents is 1. The van der Waals surface area contributed by atoms with Crippen molar-refractivity contribution in [2.45, 2.75) is 38.6 Å². The van der Waals surface area contributed by atoms with Crippen LogP contribution in [0.1, 0.15) is 44.2 Å². The van der Waals surface area contributed by atoms with Crippen LogP contribution in [-0.4, -0.2) is 36.2 Å². The summed E-state index contributed by atoms with van der Waals surface area (Å²) in [5.41, 5.74) is 1.12. The minimum absolute atomic E-state index is 0.349. The molecule has 0 saturated carbocycles. The Hall–Kier alpha value is 0.400. The van der Waals surface area contributed by atoms with Crippen LogP contribution in [0.3, 0.4) is 0 Å². The lowest BCUT2D eigenvalue weighted by Gasteiger charge is -2.36. The van der Waals surface area contributed by atoms with Gasteiger partial charge in [0.1, 0.15) is 5.75 Å². The lowest BCUT2D eigenvalue weighted by molar-refractivity contribution is 0.160. The van der Waals surface area contributed by atoms with Crippen molar-refractivity contribution in [3.05, 3.63) is 24.8 Å². The number of halogens is 2. The summed E-state index contributed by atoms with van der Waals surface area (Å²) in [6, 6.07) is 4.55. The molecule has 0 spiro atoms. The molecule has 118 valence electrons. The second-order valence-electron chi connectivity index (χ2n) is 5.62. The number of nitrogens with zero attached hydrogens (tertiary/aromatic N) is 1. The van der Waals surface area contributed by atoms with Crippen molar-refractivity contribution in [2.75, 3.05) is 26.2 Å². The van der Waals surface area contributed by atoms with Gasteiger partial charge in [-0.2, -0.15) is 0 Å². The highest BCUT2D eigenvalue weighted by Crippen LogP contribution is 2.37. The summed E-state index contributed by atoms with van der Waals surface area (Å²) < 4.78 is 2.17. The van der Waals surface area contributed by atoms with Crippen molar-refractivity contribution in [1.82, 2.24) is 10.2 Å². The van der Waals surface area contributed by atoms with Gasteiger partial charge in [-0.05, 0) is 63.7 Å². The minimum atomic E-state index is 0.349. The van der Waals surface area contributed by atoms with Gasteiger partial charge < -0.3 is 10.4 Å². The lowest BCUT2D eigenvalue weighted by atomic mass is 9.97. The molecule has 5 heteroatoms. The van der Waals surface area contributed by atoms with Crippen LogP contribution in [0.15, 0.2) is 12.1 Å². The molecule has 1 fully saturated rings. The second kappa shape index (κ2) is 8.88. The first kappa shape index (κ1) is 17.7. The van der Waals surface area contributed by atoms with E-state index in [-0.39, 0.29) is 0 Å². The molecule has 1 aromatic carbocycles. The van der Waals surface area contributed by atoms with E-state index in [9.17, 15) is 5.11 Å². The molecule has 0 aromatic heterocycles. The van der Waals surface area contributed by atoms with E-state index in [1.54, 1.807) is 0 Å². The maximum atomic E-state index is 10.5. The average molecular weight is 514 g/mol. The van der Waals surface area contributed by atoms with Crippen LogP contribution in [0.5, 0.6) is 5.75 Å². The van der Waals surface area contributed by atoms with Crippen LogP contribution < -0.4 is 5.32 Å². The molecule has 1 atom stereocenters. The number of rotatable bonds is 6. The Morgan fingerprint density at radius 2 is 1.95 bits per heavy atom. The molecule has 1 saturated heterocycles. The number of hydrogen-bond donors (Lipinski definition) is 2. The summed E-state index contributed by atoms with van der Waals surface area (Å²) in [6.45, 7) is 6.47. The molecule has 21 heavy (non-hydrogen) atoms. The summed E-state index contributed by atoms with van der Waals surface area (Å²) in [6.07, 6.45) is 4.87. The van der Waals surface area contributed by atoms with E-state index in [0.29, 0.717) is 11.8 Å². The molecule has 0 unspecified atom stereocenters. The third-order valence-electron chi connectivity index (χ3n) is 4.09. The highest BCUT2D eigenvalue weighted by Gasteiger charge is 2.25. The molecule has 2 N–H and O–H groups in total. The van der Waals surface area contributed by atoms with Gasteiger partial charge in [0.2, 0.25) is 0 Å². The molecular weight excluding hydrogens is 490 g/mol. The number of phenols is 1. The molecule has 1 aromatic rings. The first-order valence-electron chi connectivity index (χ1n) is 7.76. The van der Waals surface area contributed by atoms with E-state index in [0.717, 1.165) is 41.7 Å². The smallest absolute Gasteiger partial charge is 0.133 e. The van der Waals surface area contributed by atoms with E-state index in [2.05, 4.69) is 68.4 Å². The van der Waals surface area contributed by atoms with Gasteiger partial charge in [0.25, 0.3) is 0 Å². The summed E-state index contributed by atoms with van der Waals surface area (Å²) in [5.74, 6) is 0.482. The van der Waals surface area contributed by atoms with Gasteiger partial charge in [-0.1, -0.05) is 26.2 Å². The normalized spacial score (nSPS) is 17.9. The third-order valence-corrected chi connectivity index (χ3v) is 5.54. The summed E-state index contributed by atoms with van der Waals surface area (Å²) in [7, 11) is 0. The van der Waals surface area contributed by atoms with Crippen LogP contribution >= 0.6 is 45.2 Å². The zero-order chi connectivity index (χ0) is 15.2. The fourth-order valence-electron chi connectivity index (χ4n) is 2.96. The fraction of sp³-hybridized carbons (Fsp3) is 0.625. The van der Waals surface area contributed by atoms with Crippen LogP contribution in [-0.2, 0) is 0 Å². The monoisotopic (exact) mass is 514 g/mol. The number of benzene rings is 1. The molecule has 1 aliphatic rings. The Balaban J connectivity index is 2.24. The number of hydrogen-bond acceptors (Lipinski definition) is 3. The molecule has 0 bridgehead atoms. The molecule has 0 aliphatic carbocycles. The van der Waals surface area contributed by atoms with E-state index in [4.69, 9.17) is 0 Å². The van der Waals surface area contributed by atoms with Crippen LogP contribution in [0, 0.1) is 7.14 Å². The molecule has 3 nitrogen and oxygen atoms in total. The number of unbranched alkanes of at least 4 members (excludes halogenated alkanes) is 2. The Kier molecular flexibility index (Phi) is 7.51. The molecule has 0 amide bonds. The second-order valence-corrected chi connectivity index (χ2v) is 8.03. The fourth-order valence-corrected chi connectivity index (χ4v) is 4.85. The lowest BCUT2D eigenvalue weighted by Crippen LogP contribution is -2.45. The number of nitrogens with one attached hydrogen (secondary N) is 1. The van der Waals surface area contributed by atoms with Crippen molar-refractivity contribution in [3.8, 4) is 5.75 Å². The zero-order valence-electron chi connectivity index (χ0n) is 12.5. The van der Waals surface area contributed by atoms with Gasteiger partial charge in [0, 0.05) is 41.4 Å². The first-order valence-corrected chi connectivity index (χ1v) is 9.92. The van der Waals surface area contributed by atoms with Crippen molar-refractivity contribution < 1.29 is 5.11 Å². The highest BCUT2D eigenvalue weighted by atomic mass is 127. The summed E-state index contributed by atoms with van der Waals surface area (Å²) in [5, 5.41) is 13.9. The summed E-state index contributed by atoms with van der Waals surface area (Å²) >= 11 is 4.59. The van der Waals surface area contributed by atoms with Crippen LogP contribution in [0.4, 0.5) is 0 Å². The maximum absolute atomic E-state index is 10.5. The average Bonchev–Trinajstić information content (AvgIpc) is 2.49. The molecule has 0 radical (unpaired) electrons. The maximum Gasteiger partial charge on any atom is 0.133 e. The highest BCUT2D eigenvalue weighted by molar-refractivity contribution is 14.1. The minimum Gasteiger partial charge on any atom is -0.506 e. The first-order chi connectivity index (χ1) is 10.1. The largest absolute Gasteiger partial charge is 0.506 e. The standard InChI is InChI=1S/C16H24I2N2O/c1-2-3-4-5-15(20-8-6-19-7-9-20)13-10-12(17)11-14(18)16(13)21/h10-11,15,19,21H,2-9H2,1H3/t15-/m1/s1. The van der Waals surface area contributed by atoms with E-state index < -0.39 is 0 Å². The third kappa shape index (κ3) is 4.94. The predicted octanol–water partition coefficient (Wildman–Crippen LogP) is 4.13. The predicted molar refractivity (Wildman–Crippen MR) is 105 cm³/mol. The number of piperazine rings is 1. The number of aromatic hydroxyl groups is 1. The van der Waals surface area contributed by atoms with Crippen molar-refractivity contribution in [3.63, 3.8) is 0 Å². The molecule has 1 aliphatic heterocycles. The van der Waals surface area contributed by atoms with E-state index in [1.165, 1.54) is 22.8 Å². The Morgan fingerprint density at radius 3 is 2.62 bits per heavy atom. The SMILES string of the molecule is CCCCC[C@H](c1cc(I)cc(I)c1O)N1CCNCC1. The van der Waals surface area contributed by atoms with E-state index in [1.807, 2.05) is 6.07 Å². The Bertz CT molecular complexity index is 462. The van der Waals surface area contributed by atoms with Crippen LogP contribution in [0.2, 0.25) is 0 Å². The van der Waals surface area contributed by atoms with Gasteiger partial charge >= 0.3 is 0 Å². The Morgan fingerprint density at radius 1 is 1.24 bits per heavy atom. The quantitative estimate of drug-likeness (QED) is 0.443. The molecule has 1 heterocycles. The van der Waals surface area contributed by atoms with E-state index >= 15 is 0 Å².